The number of rotatable bonds is 2. The van der Waals surface area contributed by atoms with Crippen molar-refractivity contribution in [3.8, 4) is 0 Å². The fourth-order valence-corrected chi connectivity index (χ4v) is 3.55. The van der Waals surface area contributed by atoms with Crippen LogP contribution in [0.5, 0.6) is 0 Å². The van der Waals surface area contributed by atoms with Gasteiger partial charge in [0.15, 0.2) is 0 Å². The third-order valence-electron chi connectivity index (χ3n) is 4.11. The molecule has 2 heterocycles. The zero-order valence-electron chi connectivity index (χ0n) is 11.7. The van der Waals surface area contributed by atoms with Gasteiger partial charge in [0.2, 0.25) is 0 Å². The second-order valence-electron chi connectivity index (χ2n) is 5.67. The summed E-state index contributed by atoms with van der Waals surface area (Å²) in [7, 11) is 0. The molecule has 1 amide bonds. The number of piperazine rings is 1. The molecule has 1 N–H and O–H groups in total. The Morgan fingerprint density at radius 1 is 1.25 bits per heavy atom. The summed E-state index contributed by atoms with van der Waals surface area (Å²) in [5.41, 5.74) is 1.90. The molecule has 4 nitrogen and oxygen atoms in total. The van der Waals surface area contributed by atoms with Crippen molar-refractivity contribution in [3.05, 3.63) is 33.8 Å². The van der Waals surface area contributed by atoms with Crippen molar-refractivity contribution in [1.29, 1.82) is 0 Å². The Morgan fingerprint density at radius 3 is 2.60 bits per heavy atom. The van der Waals surface area contributed by atoms with E-state index in [2.05, 4.69) is 26.1 Å². The van der Waals surface area contributed by atoms with Gasteiger partial charge in [0.05, 0.1) is 0 Å². The smallest absolute Gasteiger partial charge is 0.254 e. The van der Waals surface area contributed by atoms with E-state index < -0.39 is 0 Å². The molecule has 0 aromatic heterocycles. The molecular weight excluding hydrogens is 318 g/mol. The summed E-state index contributed by atoms with van der Waals surface area (Å²) in [4.78, 5) is 16.9. The van der Waals surface area contributed by atoms with Crippen LogP contribution in [-0.2, 0) is 0 Å². The van der Waals surface area contributed by atoms with Gasteiger partial charge in [-0.1, -0.05) is 15.9 Å². The second kappa shape index (κ2) is 5.84. The normalized spacial score (nSPS) is 20.8. The highest BCUT2D eigenvalue weighted by Crippen LogP contribution is 2.21. The first-order valence-corrected chi connectivity index (χ1v) is 7.94. The topological polar surface area (TPSA) is 35.6 Å². The molecule has 2 aliphatic heterocycles. The molecule has 2 saturated heterocycles. The molecule has 3 rings (SSSR count). The third kappa shape index (κ3) is 2.90. The summed E-state index contributed by atoms with van der Waals surface area (Å²) < 4.78 is 0.972. The standard InChI is InChI=1S/C15H20BrN3O/c1-11-6-12(8-13(16)7-11)15(20)19-9-14(10-19)18-4-2-17-3-5-18/h6-8,14,17H,2-5,9-10H2,1H3. The number of nitrogens with zero attached hydrogens (tertiary/aromatic N) is 2. The Kier molecular flexibility index (Phi) is 4.10. The van der Waals surface area contributed by atoms with E-state index in [1.165, 1.54) is 0 Å². The number of hydrogen-bond acceptors (Lipinski definition) is 3. The molecule has 0 spiro atoms. The van der Waals surface area contributed by atoms with E-state index in [9.17, 15) is 4.79 Å². The number of hydrogen-bond donors (Lipinski definition) is 1. The minimum absolute atomic E-state index is 0.154. The van der Waals surface area contributed by atoms with Crippen molar-refractivity contribution in [2.75, 3.05) is 39.3 Å². The molecule has 20 heavy (non-hydrogen) atoms. The number of halogens is 1. The number of carbonyl (C=O) groups is 1. The lowest BCUT2D eigenvalue weighted by Crippen LogP contribution is -2.63. The number of aryl methyl sites for hydroxylation is 1. The highest BCUT2D eigenvalue weighted by Gasteiger charge is 2.35. The van der Waals surface area contributed by atoms with Crippen molar-refractivity contribution in [2.24, 2.45) is 0 Å². The first-order valence-electron chi connectivity index (χ1n) is 7.15. The molecule has 108 valence electrons. The zero-order chi connectivity index (χ0) is 14.1. The quantitative estimate of drug-likeness (QED) is 0.888. The second-order valence-corrected chi connectivity index (χ2v) is 6.58. The third-order valence-corrected chi connectivity index (χ3v) is 4.56. The first kappa shape index (κ1) is 14.0. The van der Waals surface area contributed by atoms with Gasteiger partial charge in [0.1, 0.15) is 0 Å². The molecule has 2 aliphatic rings. The van der Waals surface area contributed by atoms with Gasteiger partial charge in [0, 0.05) is 55.3 Å². The van der Waals surface area contributed by atoms with Crippen molar-refractivity contribution in [2.45, 2.75) is 13.0 Å². The molecular formula is C15H20BrN3O. The minimum Gasteiger partial charge on any atom is -0.335 e. The van der Waals surface area contributed by atoms with Crippen LogP contribution in [0.3, 0.4) is 0 Å². The number of nitrogens with one attached hydrogen (secondary N) is 1. The fraction of sp³-hybridized carbons (Fsp3) is 0.533. The van der Waals surface area contributed by atoms with Crippen LogP contribution in [-0.4, -0.2) is 61.0 Å². The van der Waals surface area contributed by atoms with E-state index in [0.29, 0.717) is 6.04 Å². The van der Waals surface area contributed by atoms with Crippen LogP contribution < -0.4 is 5.32 Å². The van der Waals surface area contributed by atoms with E-state index in [-0.39, 0.29) is 5.91 Å². The van der Waals surface area contributed by atoms with E-state index >= 15 is 0 Å². The van der Waals surface area contributed by atoms with Crippen LogP contribution in [0, 0.1) is 6.92 Å². The van der Waals surface area contributed by atoms with Crippen LogP contribution in [0.15, 0.2) is 22.7 Å². The monoisotopic (exact) mass is 337 g/mol. The lowest BCUT2D eigenvalue weighted by Gasteiger charge is -2.46. The van der Waals surface area contributed by atoms with Gasteiger partial charge in [-0.2, -0.15) is 0 Å². The highest BCUT2D eigenvalue weighted by molar-refractivity contribution is 9.10. The van der Waals surface area contributed by atoms with Gasteiger partial charge in [-0.3, -0.25) is 9.69 Å². The molecule has 0 radical (unpaired) electrons. The molecule has 0 saturated carbocycles. The molecule has 1 aromatic carbocycles. The number of likely N-dealkylation sites (tertiary alicyclic amines) is 1. The first-order chi connectivity index (χ1) is 9.63. The Labute approximate surface area is 128 Å². The maximum Gasteiger partial charge on any atom is 0.254 e. The van der Waals surface area contributed by atoms with Crippen LogP contribution in [0.25, 0.3) is 0 Å². The van der Waals surface area contributed by atoms with Gasteiger partial charge in [0.25, 0.3) is 5.91 Å². The van der Waals surface area contributed by atoms with E-state index in [0.717, 1.165) is 54.9 Å². The SMILES string of the molecule is Cc1cc(Br)cc(C(=O)N2CC(N3CCNCC3)C2)c1. The lowest BCUT2D eigenvalue weighted by molar-refractivity contribution is 0.0227. The molecule has 0 atom stereocenters. The van der Waals surface area contributed by atoms with E-state index in [1.54, 1.807) is 0 Å². The van der Waals surface area contributed by atoms with Crippen LogP contribution in [0.1, 0.15) is 15.9 Å². The van der Waals surface area contributed by atoms with Gasteiger partial charge < -0.3 is 10.2 Å². The fourth-order valence-electron chi connectivity index (χ4n) is 2.94. The Balaban J connectivity index is 1.60. The Hall–Kier alpha value is -0.910. The van der Waals surface area contributed by atoms with E-state index in [1.807, 2.05) is 30.0 Å². The van der Waals surface area contributed by atoms with Crippen LogP contribution in [0.4, 0.5) is 0 Å². The summed E-state index contributed by atoms with van der Waals surface area (Å²) in [6, 6.07) is 6.45. The number of amides is 1. The van der Waals surface area contributed by atoms with Crippen molar-refractivity contribution >= 4 is 21.8 Å². The highest BCUT2D eigenvalue weighted by atomic mass is 79.9. The average molecular weight is 338 g/mol. The van der Waals surface area contributed by atoms with Gasteiger partial charge in [-0.05, 0) is 30.7 Å². The van der Waals surface area contributed by atoms with E-state index in [4.69, 9.17) is 0 Å². The summed E-state index contributed by atoms with van der Waals surface area (Å²) in [6.07, 6.45) is 0. The summed E-state index contributed by atoms with van der Waals surface area (Å²) in [6.45, 7) is 8.08. The number of benzene rings is 1. The maximum absolute atomic E-state index is 12.4. The largest absolute Gasteiger partial charge is 0.335 e. The summed E-state index contributed by atoms with van der Waals surface area (Å²) >= 11 is 3.46. The van der Waals surface area contributed by atoms with Crippen LogP contribution >= 0.6 is 15.9 Å². The Morgan fingerprint density at radius 2 is 1.95 bits per heavy atom. The van der Waals surface area contributed by atoms with Crippen molar-refractivity contribution in [1.82, 2.24) is 15.1 Å². The zero-order valence-corrected chi connectivity index (χ0v) is 13.3. The molecule has 5 heteroatoms. The predicted molar refractivity (Wildman–Crippen MR) is 83.0 cm³/mol. The molecule has 0 aliphatic carbocycles. The Bertz CT molecular complexity index is 488. The minimum atomic E-state index is 0.154. The predicted octanol–water partition coefficient (Wildman–Crippen LogP) is 1.49. The average Bonchev–Trinajstić information content (AvgIpc) is 2.37. The molecule has 0 unspecified atom stereocenters. The van der Waals surface area contributed by atoms with Crippen LogP contribution in [0.2, 0.25) is 0 Å². The van der Waals surface area contributed by atoms with Crippen molar-refractivity contribution < 1.29 is 4.79 Å². The maximum atomic E-state index is 12.4. The molecule has 2 fully saturated rings. The summed E-state index contributed by atoms with van der Waals surface area (Å²) in [5.74, 6) is 0.154. The molecule has 0 bridgehead atoms. The number of carbonyl (C=O) groups excluding carboxylic acids is 1. The summed E-state index contributed by atoms with van der Waals surface area (Å²) in [5, 5.41) is 3.36. The van der Waals surface area contributed by atoms with Crippen molar-refractivity contribution in [3.63, 3.8) is 0 Å². The van der Waals surface area contributed by atoms with Gasteiger partial charge in [-0.15, -0.1) is 0 Å². The van der Waals surface area contributed by atoms with Gasteiger partial charge in [-0.25, -0.2) is 0 Å². The molecule has 1 aromatic rings. The van der Waals surface area contributed by atoms with Gasteiger partial charge >= 0.3 is 0 Å². The lowest BCUT2D eigenvalue weighted by atomic mass is 10.0.